The molecule has 2 aromatic rings. The summed E-state index contributed by atoms with van der Waals surface area (Å²) in [6.07, 6.45) is 8.19. The molecule has 0 aliphatic carbocycles. The Balaban J connectivity index is 1.62. The lowest BCUT2D eigenvalue weighted by atomic mass is 10.1. The summed E-state index contributed by atoms with van der Waals surface area (Å²) in [7, 11) is 4.08. The maximum absolute atomic E-state index is 12.2. The van der Waals surface area contributed by atoms with Gasteiger partial charge in [-0.1, -0.05) is 5.21 Å². The van der Waals surface area contributed by atoms with Gasteiger partial charge < -0.3 is 10.2 Å². The van der Waals surface area contributed by atoms with Gasteiger partial charge in [0, 0.05) is 37.7 Å². The predicted octanol–water partition coefficient (Wildman–Crippen LogP) is -0.506. The Labute approximate surface area is 134 Å². The summed E-state index contributed by atoms with van der Waals surface area (Å²) in [5.74, 6) is 0.371. The summed E-state index contributed by atoms with van der Waals surface area (Å²) in [6.45, 7) is 1.86. The Morgan fingerprint density at radius 3 is 2.87 bits per heavy atom. The van der Waals surface area contributed by atoms with Crippen LogP contribution in [0.5, 0.6) is 0 Å². The molecule has 1 saturated heterocycles. The Morgan fingerprint density at radius 2 is 2.22 bits per heavy atom. The fourth-order valence-corrected chi connectivity index (χ4v) is 2.89. The van der Waals surface area contributed by atoms with E-state index < -0.39 is 0 Å². The van der Waals surface area contributed by atoms with Crippen LogP contribution in [0.3, 0.4) is 0 Å². The molecular formula is C14H20N8O. The molecule has 1 amide bonds. The highest BCUT2D eigenvalue weighted by atomic mass is 16.2. The summed E-state index contributed by atoms with van der Waals surface area (Å²) < 4.78 is 1.87. The molecule has 1 fully saturated rings. The molecule has 0 radical (unpaired) electrons. The van der Waals surface area contributed by atoms with Crippen LogP contribution in [0.15, 0.2) is 31.0 Å². The zero-order valence-corrected chi connectivity index (χ0v) is 13.2. The van der Waals surface area contributed by atoms with E-state index in [2.05, 4.69) is 35.4 Å². The molecule has 1 aliphatic rings. The predicted molar refractivity (Wildman–Crippen MR) is 83.6 cm³/mol. The molecular weight excluding hydrogens is 296 g/mol. The second kappa shape index (κ2) is 6.80. The topological polar surface area (TPSA) is 92.1 Å². The van der Waals surface area contributed by atoms with E-state index in [1.165, 1.54) is 6.20 Å². The van der Waals surface area contributed by atoms with Crippen molar-refractivity contribution in [3.8, 4) is 0 Å². The third kappa shape index (κ3) is 3.69. The number of amides is 1. The third-order valence-corrected chi connectivity index (χ3v) is 3.98. The van der Waals surface area contributed by atoms with Crippen molar-refractivity contribution in [1.82, 2.24) is 34.8 Å². The van der Waals surface area contributed by atoms with Crippen LogP contribution in [0.1, 0.15) is 6.04 Å². The van der Waals surface area contributed by atoms with E-state index in [0.29, 0.717) is 12.4 Å². The standard InChI is InChI=1S/C14H20N8O/c1-20(2)11-8-21(9-12(11)22-6-5-17-19-22)10-14(23)18-13-7-15-3-4-16-13/h3-7,11-12H,8-10H2,1-2H3,(H,16,18,23)/t11-,12+/m1/s1. The number of rotatable bonds is 5. The zero-order valence-electron chi connectivity index (χ0n) is 13.2. The van der Waals surface area contributed by atoms with E-state index in [-0.39, 0.29) is 18.0 Å². The number of carbonyl (C=O) groups excluding carboxylic acids is 1. The molecule has 0 unspecified atom stereocenters. The number of hydrogen-bond donors (Lipinski definition) is 1. The molecule has 0 aromatic carbocycles. The van der Waals surface area contributed by atoms with Gasteiger partial charge in [0.05, 0.1) is 25.0 Å². The molecule has 1 aliphatic heterocycles. The van der Waals surface area contributed by atoms with Crippen molar-refractivity contribution in [2.45, 2.75) is 12.1 Å². The molecule has 3 rings (SSSR count). The van der Waals surface area contributed by atoms with Crippen LogP contribution < -0.4 is 5.32 Å². The zero-order chi connectivity index (χ0) is 16.2. The number of carbonyl (C=O) groups is 1. The van der Waals surface area contributed by atoms with Crippen LogP contribution in [0.25, 0.3) is 0 Å². The van der Waals surface area contributed by atoms with Gasteiger partial charge in [-0.2, -0.15) is 0 Å². The van der Waals surface area contributed by atoms with Gasteiger partial charge in [-0.25, -0.2) is 9.67 Å². The number of nitrogens with zero attached hydrogens (tertiary/aromatic N) is 7. The monoisotopic (exact) mass is 316 g/mol. The largest absolute Gasteiger partial charge is 0.308 e. The van der Waals surface area contributed by atoms with Crippen LogP contribution in [0.2, 0.25) is 0 Å². The molecule has 23 heavy (non-hydrogen) atoms. The van der Waals surface area contributed by atoms with Gasteiger partial charge in [0.2, 0.25) is 5.91 Å². The van der Waals surface area contributed by atoms with Crippen molar-refractivity contribution in [3.63, 3.8) is 0 Å². The van der Waals surface area contributed by atoms with Crippen LogP contribution in [-0.2, 0) is 4.79 Å². The Morgan fingerprint density at radius 1 is 1.35 bits per heavy atom. The number of aromatic nitrogens is 5. The smallest absolute Gasteiger partial charge is 0.239 e. The summed E-state index contributed by atoms with van der Waals surface area (Å²) in [5, 5.41) is 10.8. The summed E-state index contributed by atoms with van der Waals surface area (Å²) in [6, 6.07) is 0.456. The van der Waals surface area contributed by atoms with Gasteiger partial charge in [0.1, 0.15) is 0 Å². The lowest BCUT2D eigenvalue weighted by molar-refractivity contribution is -0.117. The van der Waals surface area contributed by atoms with Crippen molar-refractivity contribution in [2.75, 3.05) is 39.0 Å². The average Bonchev–Trinajstić information content (AvgIpc) is 3.16. The first kappa shape index (κ1) is 15.5. The van der Waals surface area contributed by atoms with E-state index >= 15 is 0 Å². The highest BCUT2D eigenvalue weighted by Gasteiger charge is 2.36. The van der Waals surface area contributed by atoms with Crippen LogP contribution in [0, 0.1) is 0 Å². The molecule has 1 N–H and O–H groups in total. The van der Waals surface area contributed by atoms with Crippen molar-refractivity contribution in [3.05, 3.63) is 31.0 Å². The van der Waals surface area contributed by atoms with Gasteiger partial charge in [0.25, 0.3) is 0 Å². The van der Waals surface area contributed by atoms with Crippen molar-refractivity contribution in [2.24, 2.45) is 0 Å². The quantitative estimate of drug-likeness (QED) is 0.794. The molecule has 2 aromatic heterocycles. The molecule has 9 nitrogen and oxygen atoms in total. The normalized spacial score (nSPS) is 21.7. The maximum Gasteiger partial charge on any atom is 0.239 e. The first-order valence-electron chi connectivity index (χ1n) is 7.44. The summed E-state index contributed by atoms with van der Waals surface area (Å²) in [5.41, 5.74) is 0. The first-order chi connectivity index (χ1) is 11.1. The molecule has 0 spiro atoms. The van der Waals surface area contributed by atoms with Gasteiger partial charge in [-0.3, -0.25) is 14.7 Å². The average molecular weight is 316 g/mol. The van der Waals surface area contributed by atoms with Crippen molar-refractivity contribution in [1.29, 1.82) is 0 Å². The van der Waals surface area contributed by atoms with E-state index in [1.54, 1.807) is 18.6 Å². The van der Waals surface area contributed by atoms with Gasteiger partial charge >= 0.3 is 0 Å². The second-order valence-electron chi connectivity index (χ2n) is 5.81. The van der Waals surface area contributed by atoms with Gasteiger partial charge in [-0.15, -0.1) is 5.10 Å². The molecule has 0 bridgehead atoms. The van der Waals surface area contributed by atoms with E-state index in [1.807, 2.05) is 25.0 Å². The SMILES string of the molecule is CN(C)[C@@H]1CN(CC(=O)Nc2cnccn2)C[C@@H]1n1ccnn1. The highest BCUT2D eigenvalue weighted by molar-refractivity contribution is 5.91. The Hall–Kier alpha value is -2.39. The van der Waals surface area contributed by atoms with Gasteiger partial charge in [-0.05, 0) is 14.1 Å². The number of nitrogens with one attached hydrogen (secondary N) is 1. The van der Waals surface area contributed by atoms with Gasteiger partial charge in [0.15, 0.2) is 5.82 Å². The molecule has 3 heterocycles. The minimum absolute atomic E-state index is 0.0951. The molecule has 9 heteroatoms. The summed E-state index contributed by atoms with van der Waals surface area (Å²) >= 11 is 0. The fraction of sp³-hybridized carbons (Fsp3) is 0.500. The minimum atomic E-state index is -0.0951. The third-order valence-electron chi connectivity index (χ3n) is 3.98. The van der Waals surface area contributed by atoms with E-state index in [9.17, 15) is 4.79 Å². The minimum Gasteiger partial charge on any atom is -0.308 e. The molecule has 122 valence electrons. The van der Waals surface area contributed by atoms with Crippen LogP contribution in [-0.4, -0.2) is 80.4 Å². The number of likely N-dealkylation sites (tertiary alicyclic amines) is 1. The maximum atomic E-state index is 12.2. The lowest BCUT2D eigenvalue weighted by Crippen LogP contribution is -2.37. The number of hydrogen-bond acceptors (Lipinski definition) is 7. The molecule has 2 atom stereocenters. The number of anilines is 1. The van der Waals surface area contributed by atoms with E-state index in [4.69, 9.17) is 0 Å². The Kier molecular flexibility index (Phi) is 4.58. The van der Waals surface area contributed by atoms with E-state index in [0.717, 1.165) is 13.1 Å². The van der Waals surface area contributed by atoms with Crippen molar-refractivity contribution >= 4 is 11.7 Å². The first-order valence-corrected chi connectivity index (χ1v) is 7.44. The summed E-state index contributed by atoms with van der Waals surface area (Å²) in [4.78, 5) is 24.4. The number of likely N-dealkylation sites (N-methyl/N-ethyl adjacent to an activating group) is 1. The lowest BCUT2D eigenvalue weighted by Gasteiger charge is -2.24. The van der Waals surface area contributed by atoms with Crippen LogP contribution >= 0.6 is 0 Å². The second-order valence-corrected chi connectivity index (χ2v) is 5.81. The van der Waals surface area contributed by atoms with Crippen LogP contribution in [0.4, 0.5) is 5.82 Å². The fourth-order valence-electron chi connectivity index (χ4n) is 2.89. The molecule has 0 saturated carbocycles. The van der Waals surface area contributed by atoms with Crippen molar-refractivity contribution < 1.29 is 4.79 Å². The Bertz CT molecular complexity index is 629. The highest BCUT2D eigenvalue weighted by Crippen LogP contribution is 2.24.